The van der Waals surface area contributed by atoms with Gasteiger partial charge in [0.1, 0.15) is 0 Å². The van der Waals surface area contributed by atoms with Crippen LogP contribution in [0.3, 0.4) is 0 Å². The molecule has 1 heterocycles. The first-order chi connectivity index (χ1) is 8.31. The van der Waals surface area contributed by atoms with Gasteiger partial charge in [-0.25, -0.2) is 0 Å². The summed E-state index contributed by atoms with van der Waals surface area (Å²) in [5, 5.41) is 6.08. The van der Waals surface area contributed by atoms with Crippen molar-refractivity contribution < 1.29 is 4.79 Å². The molecule has 3 nitrogen and oxygen atoms in total. The highest BCUT2D eigenvalue weighted by molar-refractivity contribution is 9.11. The molecule has 0 spiro atoms. The maximum atomic E-state index is 11.7. The molecule has 2 N–H and O–H groups in total. The molecule has 0 saturated carbocycles. The Balaban J connectivity index is 2.44. The van der Waals surface area contributed by atoms with Crippen LogP contribution in [-0.4, -0.2) is 25.0 Å². The van der Waals surface area contributed by atoms with Crippen LogP contribution in [0.15, 0.2) is 15.9 Å². The van der Waals surface area contributed by atoms with E-state index in [1.165, 1.54) is 4.88 Å². The summed E-state index contributed by atoms with van der Waals surface area (Å²) >= 11 is 5.18. The SMILES string of the molecule is CC(C)NCC(=O)NCC(C)(C)c1ccc(Br)s1. The van der Waals surface area contributed by atoms with Gasteiger partial charge < -0.3 is 10.6 Å². The van der Waals surface area contributed by atoms with E-state index < -0.39 is 0 Å². The van der Waals surface area contributed by atoms with Crippen LogP contribution in [0, 0.1) is 0 Å². The molecule has 1 aromatic rings. The minimum atomic E-state index is -0.0375. The van der Waals surface area contributed by atoms with Gasteiger partial charge >= 0.3 is 0 Å². The van der Waals surface area contributed by atoms with Gasteiger partial charge in [-0.05, 0) is 28.1 Å². The highest BCUT2D eigenvalue weighted by Crippen LogP contribution is 2.32. The number of rotatable bonds is 6. The molecule has 0 bridgehead atoms. The van der Waals surface area contributed by atoms with Crippen molar-refractivity contribution in [3.8, 4) is 0 Å². The van der Waals surface area contributed by atoms with E-state index in [-0.39, 0.29) is 11.3 Å². The van der Waals surface area contributed by atoms with E-state index in [1.807, 2.05) is 19.9 Å². The Morgan fingerprint density at radius 2 is 2.11 bits per heavy atom. The van der Waals surface area contributed by atoms with Crippen LogP contribution in [0.4, 0.5) is 0 Å². The van der Waals surface area contributed by atoms with Gasteiger partial charge in [0, 0.05) is 22.9 Å². The first kappa shape index (κ1) is 15.7. The summed E-state index contributed by atoms with van der Waals surface area (Å²) in [5.41, 5.74) is -0.0375. The zero-order valence-corrected chi connectivity index (χ0v) is 13.7. The number of amides is 1. The molecule has 0 aliphatic rings. The molecule has 1 rings (SSSR count). The molecule has 0 aliphatic heterocycles. The molecule has 0 fully saturated rings. The Morgan fingerprint density at radius 1 is 1.44 bits per heavy atom. The van der Waals surface area contributed by atoms with Crippen molar-refractivity contribution in [3.63, 3.8) is 0 Å². The summed E-state index contributed by atoms with van der Waals surface area (Å²) in [6, 6.07) is 4.48. The van der Waals surface area contributed by atoms with Gasteiger partial charge in [0.05, 0.1) is 10.3 Å². The van der Waals surface area contributed by atoms with E-state index >= 15 is 0 Å². The lowest BCUT2D eigenvalue weighted by molar-refractivity contribution is -0.120. The number of thiophene rings is 1. The molecule has 0 atom stereocenters. The maximum Gasteiger partial charge on any atom is 0.233 e. The third-order valence-corrected chi connectivity index (χ3v) is 4.63. The predicted octanol–water partition coefficient (Wildman–Crippen LogP) is 2.90. The minimum absolute atomic E-state index is 0.0375. The third kappa shape index (κ3) is 5.08. The second-order valence-corrected chi connectivity index (χ2v) is 7.76. The molecule has 0 saturated heterocycles. The summed E-state index contributed by atoms with van der Waals surface area (Å²) in [5.74, 6) is 0.0485. The van der Waals surface area contributed by atoms with Crippen LogP contribution in [0.1, 0.15) is 32.6 Å². The normalized spacial score (nSPS) is 11.9. The van der Waals surface area contributed by atoms with Crippen molar-refractivity contribution in [2.75, 3.05) is 13.1 Å². The van der Waals surface area contributed by atoms with Gasteiger partial charge in [-0.1, -0.05) is 27.7 Å². The standard InChI is InChI=1S/C13H21BrN2OS/c1-9(2)15-7-12(17)16-8-13(3,4)10-5-6-11(14)18-10/h5-6,9,15H,7-8H2,1-4H3,(H,16,17). The van der Waals surface area contributed by atoms with E-state index in [9.17, 15) is 4.79 Å². The van der Waals surface area contributed by atoms with Gasteiger partial charge in [0.2, 0.25) is 5.91 Å². The predicted molar refractivity (Wildman–Crippen MR) is 81.2 cm³/mol. The number of carbonyl (C=O) groups excluding carboxylic acids is 1. The molecule has 1 amide bonds. The molecule has 0 radical (unpaired) electrons. The molecule has 0 aliphatic carbocycles. The summed E-state index contributed by atoms with van der Waals surface area (Å²) in [7, 11) is 0. The number of carbonyl (C=O) groups is 1. The first-order valence-corrected chi connectivity index (χ1v) is 7.68. The third-order valence-electron chi connectivity index (χ3n) is 2.64. The van der Waals surface area contributed by atoms with Crippen LogP contribution in [-0.2, 0) is 10.2 Å². The van der Waals surface area contributed by atoms with E-state index in [2.05, 4.69) is 46.5 Å². The number of halogens is 1. The van der Waals surface area contributed by atoms with Gasteiger partial charge in [-0.2, -0.15) is 0 Å². The monoisotopic (exact) mass is 332 g/mol. The molecule has 0 aromatic carbocycles. The zero-order valence-electron chi connectivity index (χ0n) is 11.3. The number of hydrogen-bond donors (Lipinski definition) is 2. The van der Waals surface area contributed by atoms with Crippen molar-refractivity contribution in [3.05, 3.63) is 20.8 Å². The molecule has 5 heteroatoms. The van der Waals surface area contributed by atoms with E-state index in [1.54, 1.807) is 11.3 Å². The quantitative estimate of drug-likeness (QED) is 0.840. The van der Waals surface area contributed by atoms with Crippen LogP contribution in [0.2, 0.25) is 0 Å². The van der Waals surface area contributed by atoms with Crippen molar-refractivity contribution >= 4 is 33.2 Å². The average Bonchev–Trinajstić information content (AvgIpc) is 2.71. The van der Waals surface area contributed by atoms with E-state index in [0.717, 1.165) is 3.79 Å². The fourth-order valence-electron chi connectivity index (χ4n) is 1.44. The van der Waals surface area contributed by atoms with Crippen LogP contribution in [0.25, 0.3) is 0 Å². The van der Waals surface area contributed by atoms with Gasteiger partial charge in [0.15, 0.2) is 0 Å². The summed E-state index contributed by atoms with van der Waals surface area (Å²) in [6.07, 6.45) is 0. The number of hydrogen-bond acceptors (Lipinski definition) is 3. The zero-order chi connectivity index (χ0) is 13.8. The average molecular weight is 333 g/mol. The van der Waals surface area contributed by atoms with E-state index in [0.29, 0.717) is 19.1 Å². The molecule has 18 heavy (non-hydrogen) atoms. The lowest BCUT2D eigenvalue weighted by Crippen LogP contribution is -2.42. The second kappa shape index (κ2) is 6.68. The fraction of sp³-hybridized carbons (Fsp3) is 0.615. The van der Waals surface area contributed by atoms with Gasteiger partial charge in [-0.3, -0.25) is 4.79 Å². The molecular formula is C13H21BrN2OS. The van der Waals surface area contributed by atoms with Crippen LogP contribution >= 0.6 is 27.3 Å². The van der Waals surface area contributed by atoms with Gasteiger partial charge in [0.25, 0.3) is 0 Å². The van der Waals surface area contributed by atoms with Crippen LogP contribution in [0.5, 0.6) is 0 Å². The van der Waals surface area contributed by atoms with E-state index in [4.69, 9.17) is 0 Å². The highest BCUT2D eigenvalue weighted by Gasteiger charge is 2.23. The Labute approximate surface area is 121 Å². The number of nitrogens with one attached hydrogen (secondary N) is 2. The van der Waals surface area contributed by atoms with Crippen molar-refractivity contribution in [1.82, 2.24) is 10.6 Å². The Morgan fingerprint density at radius 3 is 2.61 bits per heavy atom. The Kier molecular flexibility index (Phi) is 5.82. The lowest BCUT2D eigenvalue weighted by atomic mass is 9.91. The minimum Gasteiger partial charge on any atom is -0.354 e. The second-order valence-electron chi connectivity index (χ2n) is 5.30. The Bertz CT molecular complexity index is 401. The maximum absolute atomic E-state index is 11.7. The molecular weight excluding hydrogens is 312 g/mol. The Hall–Kier alpha value is -0.390. The summed E-state index contributed by atoms with van der Waals surface area (Å²) < 4.78 is 1.12. The van der Waals surface area contributed by atoms with Crippen molar-refractivity contribution in [2.45, 2.75) is 39.2 Å². The summed E-state index contributed by atoms with van der Waals surface area (Å²) in [4.78, 5) is 12.9. The molecule has 102 valence electrons. The van der Waals surface area contributed by atoms with Gasteiger partial charge in [-0.15, -0.1) is 11.3 Å². The van der Waals surface area contributed by atoms with Crippen molar-refractivity contribution in [1.29, 1.82) is 0 Å². The smallest absolute Gasteiger partial charge is 0.233 e. The molecule has 1 aromatic heterocycles. The topological polar surface area (TPSA) is 41.1 Å². The van der Waals surface area contributed by atoms with Crippen LogP contribution < -0.4 is 10.6 Å². The first-order valence-electron chi connectivity index (χ1n) is 6.07. The molecule has 0 unspecified atom stereocenters. The van der Waals surface area contributed by atoms with Crippen molar-refractivity contribution in [2.24, 2.45) is 0 Å². The highest BCUT2D eigenvalue weighted by atomic mass is 79.9. The fourth-order valence-corrected chi connectivity index (χ4v) is 2.93. The summed E-state index contributed by atoms with van der Waals surface area (Å²) in [6.45, 7) is 9.37. The largest absolute Gasteiger partial charge is 0.354 e. The lowest BCUT2D eigenvalue weighted by Gasteiger charge is -2.23.